The minimum absolute atomic E-state index is 0.0668. The number of fused-ring (bicyclic) bond motifs is 2. The van der Waals surface area contributed by atoms with Crippen molar-refractivity contribution >= 4 is 56.7 Å². The summed E-state index contributed by atoms with van der Waals surface area (Å²) in [4.78, 5) is 48.0. The molecule has 1 heterocycles. The van der Waals surface area contributed by atoms with E-state index in [0.29, 0.717) is 21.8 Å². The number of hydrogen-bond donors (Lipinski definition) is 1. The lowest BCUT2D eigenvalue weighted by molar-refractivity contribution is -0.383. The van der Waals surface area contributed by atoms with E-state index in [2.05, 4.69) is 5.32 Å². The summed E-state index contributed by atoms with van der Waals surface area (Å²) in [5.41, 5.74) is 0.518. The molecule has 4 rings (SSSR count). The van der Waals surface area contributed by atoms with Gasteiger partial charge in [0.15, 0.2) is 12.0 Å². The fraction of sp³-hybridized carbons (Fsp3) is 0.0870. The molecular formula is C23H16ClN3O6. The van der Waals surface area contributed by atoms with Crippen LogP contribution in [0.3, 0.4) is 0 Å². The van der Waals surface area contributed by atoms with Crippen LogP contribution in [0.5, 0.6) is 0 Å². The van der Waals surface area contributed by atoms with Crippen molar-refractivity contribution in [3.63, 3.8) is 0 Å². The van der Waals surface area contributed by atoms with Crippen LogP contribution in [0.15, 0.2) is 71.5 Å². The number of benzene rings is 3. The molecule has 1 aromatic heterocycles. The smallest absolute Gasteiger partial charge is 0.326 e. The van der Waals surface area contributed by atoms with Crippen molar-refractivity contribution in [1.82, 2.24) is 4.57 Å². The molecule has 10 heteroatoms. The van der Waals surface area contributed by atoms with E-state index in [1.807, 2.05) is 0 Å². The monoisotopic (exact) mass is 465 g/mol. The molecule has 1 amide bonds. The first kappa shape index (κ1) is 22.0. The second-order valence-corrected chi connectivity index (χ2v) is 7.51. The van der Waals surface area contributed by atoms with E-state index < -0.39 is 23.4 Å². The van der Waals surface area contributed by atoms with E-state index in [0.717, 1.165) is 6.07 Å². The summed E-state index contributed by atoms with van der Waals surface area (Å²) in [7, 11) is 0. The number of esters is 1. The second-order valence-electron chi connectivity index (χ2n) is 7.08. The summed E-state index contributed by atoms with van der Waals surface area (Å²) in [5.74, 6) is -1.46. The molecule has 0 aliphatic heterocycles. The van der Waals surface area contributed by atoms with Gasteiger partial charge in [-0.15, -0.1) is 0 Å². The van der Waals surface area contributed by atoms with Crippen LogP contribution in [0, 0.1) is 10.1 Å². The van der Waals surface area contributed by atoms with E-state index in [1.54, 1.807) is 53.1 Å². The predicted octanol–water partition coefficient (Wildman–Crippen LogP) is 3.90. The van der Waals surface area contributed by atoms with Gasteiger partial charge in [-0.05, 0) is 36.4 Å². The highest BCUT2D eigenvalue weighted by Crippen LogP contribution is 2.27. The largest absolute Gasteiger partial charge is 0.454 e. The lowest BCUT2D eigenvalue weighted by Crippen LogP contribution is -2.24. The SMILES string of the molecule is O=C(COC(=O)Cn1c2ccccc2c(=O)c2ccccc21)Nc1ccc(Cl)cc1[N+](=O)[O-]. The molecule has 0 radical (unpaired) electrons. The Kier molecular flexibility index (Phi) is 6.05. The van der Waals surface area contributed by atoms with Gasteiger partial charge in [-0.3, -0.25) is 24.5 Å². The molecule has 0 bridgehead atoms. The normalized spacial score (nSPS) is 10.8. The third kappa shape index (κ3) is 4.53. The Balaban J connectivity index is 1.52. The Bertz CT molecular complexity index is 1420. The van der Waals surface area contributed by atoms with E-state index >= 15 is 0 Å². The van der Waals surface area contributed by atoms with Crippen LogP contribution in [0.1, 0.15) is 0 Å². The highest BCUT2D eigenvalue weighted by molar-refractivity contribution is 6.31. The maximum absolute atomic E-state index is 12.8. The number of rotatable bonds is 6. The van der Waals surface area contributed by atoms with Gasteiger partial charge in [-0.25, -0.2) is 0 Å². The van der Waals surface area contributed by atoms with Crippen molar-refractivity contribution in [3.8, 4) is 0 Å². The molecule has 0 saturated heterocycles. The molecular weight excluding hydrogens is 450 g/mol. The predicted molar refractivity (Wildman–Crippen MR) is 123 cm³/mol. The van der Waals surface area contributed by atoms with E-state index in [1.165, 1.54) is 12.1 Å². The lowest BCUT2D eigenvalue weighted by Gasteiger charge is -2.14. The second kappa shape index (κ2) is 9.09. The number of carbonyl (C=O) groups excluding carboxylic acids is 2. The molecule has 0 atom stereocenters. The van der Waals surface area contributed by atoms with Crippen LogP contribution in [0.4, 0.5) is 11.4 Å². The first-order valence-corrected chi connectivity index (χ1v) is 10.1. The molecule has 166 valence electrons. The number of carbonyl (C=O) groups is 2. The van der Waals surface area contributed by atoms with Gasteiger partial charge in [0.25, 0.3) is 11.6 Å². The van der Waals surface area contributed by atoms with Crippen molar-refractivity contribution in [1.29, 1.82) is 0 Å². The minimum atomic E-state index is -0.747. The molecule has 33 heavy (non-hydrogen) atoms. The Morgan fingerprint density at radius 1 is 1.00 bits per heavy atom. The summed E-state index contributed by atoms with van der Waals surface area (Å²) in [6.45, 7) is -0.885. The van der Waals surface area contributed by atoms with Crippen LogP contribution in [0.25, 0.3) is 21.8 Å². The van der Waals surface area contributed by atoms with Gasteiger partial charge in [0, 0.05) is 21.9 Å². The Morgan fingerprint density at radius 2 is 1.61 bits per heavy atom. The quantitative estimate of drug-likeness (QED) is 0.199. The molecule has 9 nitrogen and oxygen atoms in total. The Labute approximate surface area is 191 Å². The van der Waals surface area contributed by atoms with Crippen LogP contribution in [0.2, 0.25) is 5.02 Å². The van der Waals surface area contributed by atoms with Crippen LogP contribution < -0.4 is 10.7 Å². The number of pyridine rings is 1. The number of hydrogen-bond acceptors (Lipinski definition) is 6. The minimum Gasteiger partial charge on any atom is -0.454 e. The number of anilines is 1. The molecule has 0 fully saturated rings. The van der Waals surface area contributed by atoms with Crippen LogP contribution >= 0.6 is 11.6 Å². The number of nitrogens with zero attached hydrogens (tertiary/aromatic N) is 2. The van der Waals surface area contributed by atoms with Crippen molar-refractivity contribution < 1.29 is 19.2 Å². The number of nitrogens with one attached hydrogen (secondary N) is 1. The zero-order valence-corrected chi connectivity index (χ0v) is 17.7. The summed E-state index contributed by atoms with van der Waals surface area (Å²) >= 11 is 5.76. The van der Waals surface area contributed by atoms with E-state index in [9.17, 15) is 24.5 Å². The van der Waals surface area contributed by atoms with Crippen molar-refractivity contribution in [2.45, 2.75) is 6.54 Å². The number of halogens is 1. The number of para-hydroxylation sites is 2. The van der Waals surface area contributed by atoms with Gasteiger partial charge in [0.2, 0.25) is 0 Å². The average molecular weight is 466 g/mol. The first-order chi connectivity index (χ1) is 15.8. The summed E-state index contributed by atoms with van der Waals surface area (Å²) < 4.78 is 6.74. The molecule has 4 aromatic rings. The summed E-state index contributed by atoms with van der Waals surface area (Å²) in [6.07, 6.45) is 0. The van der Waals surface area contributed by atoms with Crippen molar-refractivity contribution in [2.75, 3.05) is 11.9 Å². The molecule has 1 N–H and O–H groups in total. The number of nitro groups is 1. The zero-order valence-electron chi connectivity index (χ0n) is 17.0. The van der Waals surface area contributed by atoms with Gasteiger partial charge in [0.1, 0.15) is 12.2 Å². The van der Waals surface area contributed by atoms with Crippen LogP contribution in [-0.4, -0.2) is 28.0 Å². The molecule has 0 unspecified atom stereocenters. The van der Waals surface area contributed by atoms with Gasteiger partial charge in [-0.2, -0.15) is 0 Å². The summed E-state index contributed by atoms with van der Waals surface area (Å²) in [5, 5.41) is 14.5. The topological polar surface area (TPSA) is 121 Å². The van der Waals surface area contributed by atoms with Gasteiger partial charge >= 0.3 is 5.97 Å². The van der Waals surface area contributed by atoms with Gasteiger partial charge in [-0.1, -0.05) is 35.9 Å². The van der Waals surface area contributed by atoms with Crippen molar-refractivity contribution in [3.05, 3.63) is 92.1 Å². The van der Waals surface area contributed by atoms with E-state index in [4.69, 9.17) is 16.3 Å². The zero-order chi connectivity index (χ0) is 23.5. The van der Waals surface area contributed by atoms with Crippen molar-refractivity contribution in [2.24, 2.45) is 0 Å². The lowest BCUT2D eigenvalue weighted by atomic mass is 10.1. The number of nitro benzene ring substituents is 1. The van der Waals surface area contributed by atoms with Gasteiger partial charge < -0.3 is 14.6 Å². The molecule has 0 aliphatic carbocycles. The van der Waals surface area contributed by atoms with Crippen LogP contribution in [-0.2, 0) is 20.9 Å². The highest BCUT2D eigenvalue weighted by atomic mass is 35.5. The number of ether oxygens (including phenoxy) is 1. The number of aromatic nitrogens is 1. The highest BCUT2D eigenvalue weighted by Gasteiger charge is 2.18. The van der Waals surface area contributed by atoms with Gasteiger partial charge in [0.05, 0.1) is 16.0 Å². The standard InChI is InChI=1S/C23H16ClN3O6/c24-14-9-10-17(20(11-14)27(31)32)25-21(28)13-33-22(29)12-26-18-7-3-1-5-15(18)23(30)16-6-2-4-8-19(16)26/h1-11H,12-13H2,(H,25,28). The fourth-order valence-corrected chi connectivity index (χ4v) is 3.68. The maximum Gasteiger partial charge on any atom is 0.326 e. The maximum atomic E-state index is 12.8. The fourth-order valence-electron chi connectivity index (χ4n) is 3.52. The molecule has 0 spiro atoms. The third-order valence-corrected chi connectivity index (χ3v) is 5.20. The summed E-state index contributed by atoms with van der Waals surface area (Å²) in [6, 6.07) is 17.6. The molecule has 3 aromatic carbocycles. The number of amides is 1. The Morgan fingerprint density at radius 3 is 2.21 bits per heavy atom. The molecule has 0 aliphatic rings. The first-order valence-electron chi connectivity index (χ1n) is 9.75. The third-order valence-electron chi connectivity index (χ3n) is 4.96. The Hall–Kier alpha value is -4.24. The average Bonchev–Trinajstić information content (AvgIpc) is 2.81. The molecule has 0 saturated carbocycles. The van der Waals surface area contributed by atoms with E-state index in [-0.39, 0.29) is 28.4 Å².